The maximum absolute atomic E-state index is 12.8. The third-order valence-electron chi connectivity index (χ3n) is 4.42. The van der Waals surface area contributed by atoms with Crippen LogP contribution in [0.5, 0.6) is 5.75 Å². The number of nitrogens with zero attached hydrogens (tertiary/aromatic N) is 1. The first-order valence-corrected chi connectivity index (χ1v) is 9.23. The van der Waals surface area contributed by atoms with Gasteiger partial charge in [-0.1, -0.05) is 11.2 Å². The topological polar surface area (TPSA) is 64.4 Å². The molecule has 0 unspecified atom stereocenters. The van der Waals surface area contributed by atoms with Crippen LogP contribution in [0.1, 0.15) is 18.5 Å². The molecule has 1 saturated carbocycles. The van der Waals surface area contributed by atoms with E-state index in [1.807, 2.05) is 23.6 Å². The van der Waals surface area contributed by atoms with E-state index in [4.69, 9.17) is 9.26 Å². The number of nitrogens with one attached hydrogen (secondary N) is 1. The van der Waals surface area contributed by atoms with Crippen LogP contribution in [0.4, 0.5) is 4.39 Å². The summed E-state index contributed by atoms with van der Waals surface area (Å²) >= 11 is 1.57. The Morgan fingerprint density at radius 2 is 2.12 bits per heavy atom. The Labute approximate surface area is 153 Å². The fraction of sp³-hybridized carbons (Fsp3) is 0.263. The molecular weight excluding hydrogens is 355 g/mol. The summed E-state index contributed by atoms with van der Waals surface area (Å²) in [4.78, 5) is 13.6. The highest BCUT2D eigenvalue weighted by molar-refractivity contribution is 7.13. The molecule has 1 amide bonds. The highest BCUT2D eigenvalue weighted by Crippen LogP contribution is 2.48. The van der Waals surface area contributed by atoms with Crippen LogP contribution in [0, 0.1) is 5.82 Å². The number of carbonyl (C=O) groups is 1. The van der Waals surface area contributed by atoms with Gasteiger partial charge in [-0.05, 0) is 48.6 Å². The molecule has 5 nitrogen and oxygen atoms in total. The Morgan fingerprint density at radius 1 is 1.31 bits per heavy atom. The van der Waals surface area contributed by atoms with Gasteiger partial charge in [0.05, 0.1) is 22.5 Å². The molecule has 1 aliphatic rings. The quantitative estimate of drug-likeness (QED) is 0.641. The molecule has 134 valence electrons. The maximum atomic E-state index is 12.8. The van der Waals surface area contributed by atoms with Gasteiger partial charge >= 0.3 is 0 Å². The maximum Gasteiger partial charge on any atom is 0.232 e. The van der Waals surface area contributed by atoms with E-state index in [-0.39, 0.29) is 11.7 Å². The van der Waals surface area contributed by atoms with Crippen molar-refractivity contribution in [1.29, 1.82) is 0 Å². The van der Waals surface area contributed by atoms with Crippen molar-refractivity contribution in [2.75, 3.05) is 13.2 Å². The molecule has 3 aromatic rings. The van der Waals surface area contributed by atoms with Crippen LogP contribution in [0.3, 0.4) is 0 Å². The third kappa shape index (κ3) is 3.35. The number of aromatic nitrogens is 1. The van der Waals surface area contributed by atoms with Crippen LogP contribution < -0.4 is 10.1 Å². The van der Waals surface area contributed by atoms with Gasteiger partial charge in [0, 0.05) is 6.07 Å². The van der Waals surface area contributed by atoms with E-state index in [1.54, 1.807) is 23.5 Å². The first-order chi connectivity index (χ1) is 12.7. The number of carbonyl (C=O) groups excluding carboxylic acids is 1. The molecule has 0 saturated heterocycles. The highest BCUT2D eigenvalue weighted by Gasteiger charge is 2.53. The van der Waals surface area contributed by atoms with Crippen molar-refractivity contribution in [2.24, 2.45) is 0 Å². The van der Waals surface area contributed by atoms with Gasteiger partial charge in [0.2, 0.25) is 5.91 Å². The Bertz CT molecular complexity index is 886. The number of ether oxygens (including phenoxy) is 1. The van der Waals surface area contributed by atoms with Crippen molar-refractivity contribution in [3.63, 3.8) is 0 Å². The standard InChI is InChI=1S/C19H17FN2O3S/c20-13-3-5-14(6-4-13)24-10-9-21-18(23)19(7-8-19)17-12-15(25-22-17)16-2-1-11-26-16/h1-6,11-12H,7-10H2,(H,21,23). The summed E-state index contributed by atoms with van der Waals surface area (Å²) in [6.45, 7) is 0.681. The first-order valence-electron chi connectivity index (χ1n) is 8.35. The summed E-state index contributed by atoms with van der Waals surface area (Å²) in [6, 6.07) is 11.5. The SMILES string of the molecule is O=C(NCCOc1ccc(F)cc1)C1(c2cc(-c3cccs3)on2)CC1. The number of hydrogen-bond donors (Lipinski definition) is 1. The molecule has 0 bridgehead atoms. The summed E-state index contributed by atoms with van der Waals surface area (Å²) in [5.74, 6) is 0.884. The Morgan fingerprint density at radius 3 is 2.81 bits per heavy atom. The molecule has 26 heavy (non-hydrogen) atoms. The van der Waals surface area contributed by atoms with E-state index in [1.165, 1.54) is 12.1 Å². The second-order valence-corrected chi connectivity index (χ2v) is 7.14. The second kappa shape index (κ2) is 6.92. The number of amides is 1. The Balaban J connectivity index is 1.32. The van der Waals surface area contributed by atoms with Crippen molar-refractivity contribution >= 4 is 17.2 Å². The molecule has 1 aromatic carbocycles. The molecule has 7 heteroatoms. The van der Waals surface area contributed by atoms with Crippen molar-refractivity contribution in [1.82, 2.24) is 10.5 Å². The lowest BCUT2D eigenvalue weighted by Crippen LogP contribution is -2.37. The minimum Gasteiger partial charge on any atom is -0.492 e. The molecule has 2 aromatic heterocycles. The molecular formula is C19H17FN2O3S. The average molecular weight is 372 g/mol. The smallest absolute Gasteiger partial charge is 0.232 e. The summed E-state index contributed by atoms with van der Waals surface area (Å²) in [5.41, 5.74) is 0.0902. The Kier molecular flexibility index (Phi) is 4.46. The summed E-state index contributed by atoms with van der Waals surface area (Å²) in [7, 11) is 0. The number of rotatable bonds is 7. The van der Waals surface area contributed by atoms with E-state index in [2.05, 4.69) is 10.5 Å². The molecule has 1 fully saturated rings. The number of benzene rings is 1. The molecule has 4 rings (SSSR count). The van der Waals surface area contributed by atoms with Crippen LogP contribution >= 0.6 is 11.3 Å². The zero-order valence-electron chi connectivity index (χ0n) is 13.9. The molecule has 1 N–H and O–H groups in total. The van der Waals surface area contributed by atoms with Gasteiger partial charge in [-0.2, -0.15) is 0 Å². The number of thiophene rings is 1. The fourth-order valence-electron chi connectivity index (χ4n) is 2.79. The minimum atomic E-state index is -0.588. The van der Waals surface area contributed by atoms with Crippen molar-refractivity contribution in [2.45, 2.75) is 18.3 Å². The van der Waals surface area contributed by atoms with E-state index < -0.39 is 5.41 Å². The normalized spacial score (nSPS) is 14.8. The number of halogens is 1. The van der Waals surface area contributed by atoms with Crippen LogP contribution in [0.25, 0.3) is 10.6 Å². The highest BCUT2D eigenvalue weighted by atomic mass is 32.1. The van der Waals surface area contributed by atoms with E-state index in [0.29, 0.717) is 30.4 Å². The van der Waals surface area contributed by atoms with Crippen LogP contribution in [0.2, 0.25) is 0 Å². The van der Waals surface area contributed by atoms with Crippen molar-refractivity contribution < 1.29 is 18.4 Å². The predicted molar refractivity (Wildman–Crippen MR) is 95.6 cm³/mol. The van der Waals surface area contributed by atoms with E-state index in [0.717, 1.165) is 17.7 Å². The summed E-state index contributed by atoms with van der Waals surface area (Å²) in [6.07, 6.45) is 1.52. The zero-order valence-corrected chi connectivity index (χ0v) is 14.7. The van der Waals surface area contributed by atoms with Gasteiger partial charge < -0.3 is 14.6 Å². The molecule has 0 atom stereocenters. The van der Waals surface area contributed by atoms with Gasteiger partial charge in [-0.15, -0.1) is 11.3 Å². The number of hydrogen-bond acceptors (Lipinski definition) is 5. The van der Waals surface area contributed by atoms with Crippen LogP contribution in [-0.2, 0) is 10.2 Å². The molecule has 2 heterocycles. The van der Waals surface area contributed by atoms with Gasteiger partial charge in [0.25, 0.3) is 0 Å². The minimum absolute atomic E-state index is 0.0637. The van der Waals surface area contributed by atoms with Gasteiger partial charge in [-0.25, -0.2) is 4.39 Å². The van der Waals surface area contributed by atoms with Crippen molar-refractivity contribution in [3.05, 3.63) is 59.4 Å². The summed E-state index contributed by atoms with van der Waals surface area (Å²) in [5, 5.41) is 8.98. The second-order valence-electron chi connectivity index (χ2n) is 6.19. The largest absolute Gasteiger partial charge is 0.492 e. The van der Waals surface area contributed by atoms with E-state index >= 15 is 0 Å². The van der Waals surface area contributed by atoms with Gasteiger partial charge in [-0.3, -0.25) is 4.79 Å². The molecule has 0 spiro atoms. The lowest BCUT2D eigenvalue weighted by molar-refractivity contribution is -0.123. The first kappa shape index (κ1) is 16.8. The van der Waals surface area contributed by atoms with Gasteiger partial charge in [0.1, 0.15) is 18.2 Å². The molecule has 0 aliphatic heterocycles. The summed E-state index contributed by atoms with van der Waals surface area (Å²) < 4.78 is 23.7. The monoisotopic (exact) mass is 372 g/mol. The van der Waals surface area contributed by atoms with E-state index in [9.17, 15) is 9.18 Å². The van der Waals surface area contributed by atoms with Gasteiger partial charge in [0.15, 0.2) is 5.76 Å². The third-order valence-corrected chi connectivity index (χ3v) is 5.30. The predicted octanol–water partition coefficient (Wildman–Crippen LogP) is 3.77. The van der Waals surface area contributed by atoms with Crippen molar-refractivity contribution in [3.8, 4) is 16.4 Å². The lowest BCUT2D eigenvalue weighted by atomic mass is 10.0. The van der Waals surface area contributed by atoms with Crippen LogP contribution in [0.15, 0.2) is 52.4 Å². The molecule has 1 aliphatic carbocycles. The fourth-order valence-corrected chi connectivity index (χ4v) is 3.47. The zero-order chi connectivity index (χ0) is 18.0. The molecule has 0 radical (unpaired) electrons. The lowest BCUT2D eigenvalue weighted by Gasteiger charge is -2.13. The average Bonchev–Trinajstić information content (AvgIpc) is 3.07. The Hall–Kier alpha value is -2.67. The van der Waals surface area contributed by atoms with Crippen LogP contribution in [-0.4, -0.2) is 24.2 Å².